The van der Waals surface area contributed by atoms with E-state index in [1.54, 1.807) is 29.2 Å². The van der Waals surface area contributed by atoms with Crippen LogP contribution < -0.4 is 4.72 Å². The van der Waals surface area contributed by atoms with Gasteiger partial charge in [0.05, 0.1) is 4.90 Å². The van der Waals surface area contributed by atoms with Crippen LogP contribution in [0.4, 0.5) is 0 Å². The molecule has 0 bridgehead atoms. The number of nitrogens with one attached hydrogen (secondary N) is 1. The Hall–Kier alpha value is -2.93. The number of hydrogen-bond donors (Lipinski definition) is 1. The average molecular weight is 383 g/mol. The maximum absolute atomic E-state index is 12.6. The van der Waals surface area contributed by atoms with Crippen molar-refractivity contribution in [2.45, 2.75) is 11.3 Å². The normalized spacial score (nSPS) is 15.8. The average Bonchev–Trinajstić information content (AvgIpc) is 2.95. The van der Waals surface area contributed by atoms with Gasteiger partial charge in [-0.3, -0.25) is 14.5 Å². The molecule has 0 unspecified atom stereocenters. The minimum absolute atomic E-state index is 0.130. The number of hydrogen-bond acceptors (Lipinski definition) is 4. The molecule has 0 saturated heterocycles. The molecule has 0 saturated carbocycles. The van der Waals surface area contributed by atoms with Crippen LogP contribution in [0.15, 0.2) is 77.1 Å². The Morgan fingerprint density at radius 3 is 2.56 bits per heavy atom. The molecule has 7 heteroatoms. The van der Waals surface area contributed by atoms with Crippen LogP contribution >= 0.6 is 0 Å². The first-order valence-electron chi connectivity index (χ1n) is 8.60. The summed E-state index contributed by atoms with van der Waals surface area (Å²) in [4.78, 5) is 18.6. The first-order chi connectivity index (χ1) is 13.0. The maximum atomic E-state index is 12.6. The highest BCUT2D eigenvalue weighted by atomic mass is 32.2. The molecule has 27 heavy (non-hydrogen) atoms. The molecule has 1 amide bonds. The minimum atomic E-state index is -3.60. The fourth-order valence-corrected chi connectivity index (χ4v) is 4.13. The van der Waals surface area contributed by atoms with Crippen molar-refractivity contribution < 1.29 is 13.2 Å². The highest BCUT2D eigenvalue weighted by molar-refractivity contribution is 7.90. The third-order valence-electron chi connectivity index (χ3n) is 4.25. The van der Waals surface area contributed by atoms with Gasteiger partial charge in [-0.05, 0) is 24.1 Å². The second-order valence-corrected chi connectivity index (χ2v) is 7.78. The number of rotatable bonds is 7. The summed E-state index contributed by atoms with van der Waals surface area (Å²) in [6, 6.07) is 16.5. The summed E-state index contributed by atoms with van der Waals surface area (Å²) < 4.78 is 26.6. The van der Waals surface area contributed by atoms with Crippen molar-refractivity contribution in [2.24, 2.45) is 4.99 Å². The Morgan fingerprint density at radius 2 is 1.81 bits per heavy atom. The topological polar surface area (TPSA) is 78.8 Å². The summed E-state index contributed by atoms with van der Waals surface area (Å²) in [6.45, 7) is 4.53. The summed E-state index contributed by atoms with van der Waals surface area (Å²) in [5.74, 6) is 0.0301. The molecular formula is C20H21N3O3S. The van der Waals surface area contributed by atoms with Crippen molar-refractivity contribution in [3.05, 3.63) is 78.4 Å². The molecule has 1 heterocycles. The molecule has 0 aliphatic carbocycles. The second kappa shape index (κ2) is 8.18. The summed E-state index contributed by atoms with van der Waals surface area (Å²) in [6.07, 6.45) is 2.40. The lowest BCUT2D eigenvalue weighted by Gasteiger charge is -2.20. The molecule has 1 aliphatic rings. The van der Waals surface area contributed by atoms with E-state index < -0.39 is 10.0 Å². The van der Waals surface area contributed by atoms with Crippen LogP contribution in [-0.2, 0) is 21.2 Å². The summed E-state index contributed by atoms with van der Waals surface area (Å²) >= 11 is 0. The maximum Gasteiger partial charge on any atom is 0.263 e. The van der Waals surface area contributed by atoms with Gasteiger partial charge in [-0.25, -0.2) is 8.42 Å². The summed E-state index contributed by atoms with van der Waals surface area (Å²) in [5, 5.41) is 0. The predicted molar refractivity (Wildman–Crippen MR) is 105 cm³/mol. The van der Waals surface area contributed by atoms with E-state index in [-0.39, 0.29) is 23.2 Å². The van der Waals surface area contributed by atoms with Gasteiger partial charge in [-0.1, -0.05) is 48.5 Å². The van der Waals surface area contributed by atoms with Crippen LogP contribution in [0.25, 0.3) is 0 Å². The molecule has 6 nitrogen and oxygen atoms in total. The van der Waals surface area contributed by atoms with Crippen LogP contribution in [0.5, 0.6) is 0 Å². The van der Waals surface area contributed by atoms with Crippen LogP contribution in [0.3, 0.4) is 0 Å². The first-order valence-corrected chi connectivity index (χ1v) is 10.1. The van der Waals surface area contributed by atoms with Crippen molar-refractivity contribution in [3.63, 3.8) is 0 Å². The van der Waals surface area contributed by atoms with Crippen molar-refractivity contribution in [2.75, 3.05) is 19.6 Å². The van der Waals surface area contributed by atoms with E-state index in [2.05, 4.69) is 16.3 Å². The van der Waals surface area contributed by atoms with E-state index in [4.69, 9.17) is 0 Å². The van der Waals surface area contributed by atoms with Crippen molar-refractivity contribution in [3.8, 4) is 0 Å². The van der Waals surface area contributed by atoms with Crippen molar-refractivity contribution >= 4 is 21.8 Å². The van der Waals surface area contributed by atoms with E-state index in [0.717, 1.165) is 12.0 Å². The molecule has 0 radical (unpaired) electrons. The zero-order valence-corrected chi connectivity index (χ0v) is 15.7. The van der Waals surface area contributed by atoms with Crippen LogP contribution in [-0.4, -0.2) is 44.7 Å². The first kappa shape index (κ1) is 18.8. The fourth-order valence-electron chi connectivity index (χ4n) is 2.88. The minimum Gasteiger partial charge on any atom is -0.337 e. The Balaban J connectivity index is 1.69. The quantitative estimate of drug-likeness (QED) is 0.743. The molecule has 140 valence electrons. The van der Waals surface area contributed by atoms with Gasteiger partial charge >= 0.3 is 0 Å². The number of carbonyl (C=O) groups excluding carboxylic acids is 1. The number of sulfonamides is 1. The molecule has 0 fully saturated rings. The second-order valence-electron chi connectivity index (χ2n) is 6.13. The van der Waals surface area contributed by atoms with Gasteiger partial charge in [0.2, 0.25) is 5.91 Å². The fraction of sp³-hybridized carbons (Fsp3) is 0.200. The molecule has 1 aliphatic heterocycles. The highest BCUT2D eigenvalue weighted by Gasteiger charge is 2.30. The lowest BCUT2D eigenvalue weighted by atomic mass is 10.1. The van der Waals surface area contributed by atoms with Gasteiger partial charge < -0.3 is 4.90 Å². The largest absolute Gasteiger partial charge is 0.337 e. The lowest BCUT2D eigenvalue weighted by molar-refractivity contribution is -0.129. The Bertz CT molecular complexity index is 969. The van der Waals surface area contributed by atoms with E-state index in [9.17, 15) is 13.2 Å². The molecule has 2 aromatic rings. The van der Waals surface area contributed by atoms with Crippen molar-refractivity contribution in [1.82, 2.24) is 9.62 Å². The molecular weight excluding hydrogens is 362 g/mol. The Morgan fingerprint density at radius 1 is 1.11 bits per heavy atom. The van der Waals surface area contributed by atoms with Crippen LogP contribution in [0.2, 0.25) is 0 Å². The van der Waals surface area contributed by atoms with E-state index in [1.807, 2.05) is 30.3 Å². The predicted octanol–water partition coefficient (Wildman–Crippen LogP) is 1.98. The number of carbonyl (C=O) groups is 1. The molecule has 1 N–H and O–H groups in total. The molecule has 0 spiro atoms. The van der Waals surface area contributed by atoms with Crippen LogP contribution in [0.1, 0.15) is 11.1 Å². The van der Waals surface area contributed by atoms with Gasteiger partial charge in [-0.15, -0.1) is 6.58 Å². The summed E-state index contributed by atoms with van der Waals surface area (Å²) in [7, 11) is -3.60. The monoisotopic (exact) mass is 383 g/mol. The standard InChI is InChI=1S/C20H21N3O3S/c1-2-13-23(14-12-16-8-4-3-5-9-16)19(24)15-21-20-17-10-6-7-11-18(17)27(25,26)22-20/h2-11H,1,12-15H2,(H,21,22). The molecule has 3 rings (SSSR count). The molecule has 0 atom stereocenters. The molecule has 0 aromatic heterocycles. The zero-order chi connectivity index (χ0) is 19.3. The lowest BCUT2D eigenvalue weighted by Crippen LogP contribution is -2.35. The van der Waals surface area contributed by atoms with E-state index in [1.165, 1.54) is 6.07 Å². The van der Waals surface area contributed by atoms with Gasteiger partial charge in [0.1, 0.15) is 12.4 Å². The Labute approximate surface area is 159 Å². The SMILES string of the molecule is C=CCN(CCc1ccccc1)C(=O)CN=C1NS(=O)(=O)c2ccccc21. The number of benzene rings is 2. The Kier molecular flexibility index (Phi) is 5.71. The smallest absolute Gasteiger partial charge is 0.263 e. The number of nitrogens with zero attached hydrogens (tertiary/aromatic N) is 2. The molecule has 2 aromatic carbocycles. The van der Waals surface area contributed by atoms with Gasteiger partial charge in [0.15, 0.2) is 0 Å². The van der Waals surface area contributed by atoms with E-state index in [0.29, 0.717) is 18.7 Å². The number of amidine groups is 1. The number of amides is 1. The van der Waals surface area contributed by atoms with Gasteiger partial charge in [-0.2, -0.15) is 0 Å². The summed E-state index contributed by atoms with van der Waals surface area (Å²) in [5.41, 5.74) is 1.63. The van der Waals surface area contributed by atoms with Gasteiger partial charge in [0.25, 0.3) is 10.0 Å². The van der Waals surface area contributed by atoms with Crippen LogP contribution in [0, 0.1) is 0 Å². The number of aliphatic imine (C=N–C) groups is 1. The third kappa shape index (κ3) is 4.43. The van der Waals surface area contributed by atoms with Crippen molar-refractivity contribution in [1.29, 1.82) is 0 Å². The van der Waals surface area contributed by atoms with E-state index >= 15 is 0 Å². The highest BCUT2D eigenvalue weighted by Crippen LogP contribution is 2.22. The number of fused-ring (bicyclic) bond motifs is 1. The third-order valence-corrected chi connectivity index (χ3v) is 5.65. The van der Waals surface area contributed by atoms with Gasteiger partial charge in [0, 0.05) is 18.7 Å². The zero-order valence-electron chi connectivity index (χ0n) is 14.8.